The third-order valence-electron chi connectivity index (χ3n) is 10.4. The number of aromatic nitrogens is 3. The van der Waals surface area contributed by atoms with Crippen molar-refractivity contribution in [2.45, 2.75) is 89.1 Å². The fourth-order valence-electron chi connectivity index (χ4n) is 8.23. The van der Waals surface area contributed by atoms with Gasteiger partial charge in [-0.05, 0) is 47.5 Å². The summed E-state index contributed by atoms with van der Waals surface area (Å²) >= 11 is 0. The van der Waals surface area contributed by atoms with Gasteiger partial charge in [-0.25, -0.2) is 13.2 Å². The predicted octanol–water partition coefficient (Wildman–Crippen LogP) is 7.94. The number of alkyl halides is 1. The summed E-state index contributed by atoms with van der Waals surface area (Å²) in [4.78, 5) is 26.4. The monoisotopic (exact) mass is 646 g/mol. The second kappa shape index (κ2) is 12.2. The van der Waals surface area contributed by atoms with Gasteiger partial charge in [0, 0.05) is 30.1 Å². The van der Waals surface area contributed by atoms with Crippen molar-refractivity contribution in [3.63, 3.8) is 0 Å². The number of pyridine rings is 1. The van der Waals surface area contributed by atoms with Crippen molar-refractivity contribution in [3.8, 4) is 28.7 Å². The lowest BCUT2D eigenvalue weighted by Crippen LogP contribution is -2.43. The van der Waals surface area contributed by atoms with E-state index in [1.165, 1.54) is 12.3 Å². The van der Waals surface area contributed by atoms with E-state index in [1.54, 1.807) is 18.2 Å². The van der Waals surface area contributed by atoms with E-state index in [4.69, 9.17) is 4.74 Å². The fourth-order valence-corrected chi connectivity index (χ4v) is 13.4. The summed E-state index contributed by atoms with van der Waals surface area (Å²) in [6.45, 7) is 14.5. The zero-order chi connectivity index (χ0) is 33.0. The molecule has 0 bridgehead atoms. The first kappa shape index (κ1) is 32.3. The van der Waals surface area contributed by atoms with E-state index in [0.717, 1.165) is 19.4 Å². The standard InChI is InChI=1S/C36H41F3N4O2Si/c1-21(2)46(22(3)4,23(5)6)16-13-26-29(38)12-11-24-9-7-10-27(30(24)26)32-31(39)33-28(18-40-32)34(44)42-35(41-33)45-20-36-14-8-15-43(36)19-25(37)17-36/h7,9-12,18,21-23,25H,8,14-15,17,19-20H2,1-6H3,(H,41,42,44)/t25-,36+/m1/s1. The summed E-state index contributed by atoms with van der Waals surface area (Å²) in [6.07, 6.45) is 2.42. The predicted molar refractivity (Wildman–Crippen MR) is 179 cm³/mol. The number of halogens is 3. The van der Waals surface area contributed by atoms with Crippen molar-refractivity contribution in [2.75, 3.05) is 19.7 Å². The number of H-pyrrole nitrogens is 1. The minimum Gasteiger partial charge on any atom is -0.463 e. The van der Waals surface area contributed by atoms with Crippen molar-refractivity contribution in [3.05, 3.63) is 64.1 Å². The normalized spacial score (nSPS) is 20.2. The molecular formula is C36H41F3N4O2Si. The van der Waals surface area contributed by atoms with Crippen LogP contribution in [0.2, 0.25) is 16.6 Å². The Labute approximate surface area is 268 Å². The second-order valence-corrected chi connectivity index (χ2v) is 19.5. The third-order valence-corrected chi connectivity index (χ3v) is 16.7. The number of hydrogen-bond acceptors (Lipinski definition) is 5. The Hall–Kier alpha value is -3.68. The zero-order valence-electron chi connectivity index (χ0n) is 27.3. The van der Waals surface area contributed by atoms with Gasteiger partial charge in [0.1, 0.15) is 37.9 Å². The molecule has 2 fully saturated rings. The van der Waals surface area contributed by atoms with Crippen molar-refractivity contribution < 1.29 is 17.9 Å². The Balaban J connectivity index is 1.46. The topological polar surface area (TPSA) is 71.1 Å². The average molecular weight is 647 g/mol. The van der Waals surface area contributed by atoms with Crippen LogP contribution in [0.5, 0.6) is 6.01 Å². The molecule has 2 aliphatic rings. The van der Waals surface area contributed by atoms with Crippen LogP contribution in [0.3, 0.4) is 0 Å². The van der Waals surface area contributed by atoms with Gasteiger partial charge in [0.15, 0.2) is 5.82 Å². The highest BCUT2D eigenvalue weighted by molar-refractivity contribution is 6.90. The van der Waals surface area contributed by atoms with Crippen molar-refractivity contribution in [2.24, 2.45) is 0 Å². The molecule has 4 aromatic rings. The molecule has 242 valence electrons. The quantitative estimate of drug-likeness (QED) is 0.163. The van der Waals surface area contributed by atoms with E-state index in [0.29, 0.717) is 45.9 Å². The van der Waals surface area contributed by atoms with Crippen LogP contribution >= 0.6 is 0 Å². The minimum atomic E-state index is -2.21. The van der Waals surface area contributed by atoms with Crippen LogP contribution in [0, 0.1) is 23.1 Å². The van der Waals surface area contributed by atoms with Gasteiger partial charge in [0.05, 0.1) is 16.5 Å². The largest absolute Gasteiger partial charge is 0.463 e. The number of hydrogen-bond donors (Lipinski definition) is 1. The molecule has 2 aromatic heterocycles. The smallest absolute Gasteiger partial charge is 0.297 e. The van der Waals surface area contributed by atoms with Crippen molar-refractivity contribution >= 4 is 29.7 Å². The van der Waals surface area contributed by atoms with Gasteiger partial charge in [-0.2, -0.15) is 4.98 Å². The van der Waals surface area contributed by atoms with Crippen LogP contribution in [-0.2, 0) is 0 Å². The molecule has 2 aliphatic heterocycles. The third kappa shape index (κ3) is 5.31. The van der Waals surface area contributed by atoms with Gasteiger partial charge in [0.25, 0.3) is 11.6 Å². The van der Waals surface area contributed by atoms with E-state index in [-0.39, 0.29) is 34.8 Å². The molecule has 2 aromatic carbocycles. The van der Waals surface area contributed by atoms with E-state index in [9.17, 15) is 9.18 Å². The number of ether oxygens (including phenoxy) is 1. The molecule has 1 N–H and O–H groups in total. The molecule has 0 radical (unpaired) electrons. The van der Waals surface area contributed by atoms with Crippen LogP contribution in [0.4, 0.5) is 13.2 Å². The maximum Gasteiger partial charge on any atom is 0.297 e. The van der Waals surface area contributed by atoms with E-state index >= 15 is 8.78 Å². The van der Waals surface area contributed by atoms with Gasteiger partial charge in [0.2, 0.25) is 0 Å². The molecule has 46 heavy (non-hydrogen) atoms. The molecule has 6 rings (SSSR count). The number of benzene rings is 2. The first-order valence-electron chi connectivity index (χ1n) is 16.2. The van der Waals surface area contributed by atoms with E-state index < -0.39 is 37.0 Å². The van der Waals surface area contributed by atoms with Gasteiger partial charge in [-0.3, -0.25) is 19.7 Å². The molecular weight excluding hydrogens is 606 g/mol. The number of rotatable bonds is 7. The lowest BCUT2D eigenvalue weighted by atomic mass is 9.95. The maximum absolute atomic E-state index is 16.5. The lowest BCUT2D eigenvalue weighted by molar-refractivity contribution is 0.107. The van der Waals surface area contributed by atoms with Gasteiger partial charge < -0.3 is 4.74 Å². The minimum absolute atomic E-state index is 0.0352. The highest BCUT2D eigenvalue weighted by atomic mass is 28.3. The second-order valence-electron chi connectivity index (χ2n) is 13.9. The molecule has 0 amide bonds. The first-order chi connectivity index (χ1) is 21.9. The number of fused-ring (bicyclic) bond motifs is 3. The highest BCUT2D eigenvalue weighted by Crippen LogP contribution is 2.42. The summed E-state index contributed by atoms with van der Waals surface area (Å²) in [6, 6.07) is 8.21. The molecule has 0 aliphatic carbocycles. The Bertz CT molecular complexity index is 1910. The highest BCUT2D eigenvalue weighted by Gasteiger charge is 2.49. The molecule has 2 atom stereocenters. The molecule has 0 unspecified atom stereocenters. The molecule has 0 saturated carbocycles. The first-order valence-corrected chi connectivity index (χ1v) is 18.5. The maximum atomic E-state index is 16.5. The molecule has 6 nitrogen and oxygen atoms in total. The summed E-state index contributed by atoms with van der Waals surface area (Å²) in [7, 11) is -2.21. The summed E-state index contributed by atoms with van der Waals surface area (Å²) in [5.74, 6) is 1.95. The average Bonchev–Trinajstić information content (AvgIpc) is 3.52. The Morgan fingerprint density at radius 2 is 1.85 bits per heavy atom. The lowest BCUT2D eigenvalue weighted by Gasteiger charge is -2.38. The van der Waals surface area contributed by atoms with Crippen LogP contribution in [0.1, 0.15) is 66.4 Å². The number of nitrogens with zero attached hydrogens (tertiary/aromatic N) is 3. The zero-order valence-corrected chi connectivity index (χ0v) is 28.3. The summed E-state index contributed by atoms with van der Waals surface area (Å²) < 4.78 is 52.3. The van der Waals surface area contributed by atoms with Crippen LogP contribution < -0.4 is 10.3 Å². The van der Waals surface area contributed by atoms with E-state index in [2.05, 4.69) is 72.9 Å². The Morgan fingerprint density at radius 3 is 2.57 bits per heavy atom. The van der Waals surface area contributed by atoms with Crippen molar-refractivity contribution in [1.29, 1.82) is 0 Å². The Morgan fingerprint density at radius 1 is 1.11 bits per heavy atom. The molecule has 4 heterocycles. The number of nitrogens with one attached hydrogen (secondary N) is 1. The van der Waals surface area contributed by atoms with Crippen LogP contribution in [0.15, 0.2) is 41.3 Å². The van der Waals surface area contributed by atoms with Gasteiger partial charge >= 0.3 is 0 Å². The van der Waals surface area contributed by atoms with Crippen LogP contribution in [0.25, 0.3) is 32.9 Å². The fraction of sp³-hybridized carbons (Fsp3) is 0.472. The molecule has 2 saturated heterocycles. The van der Waals surface area contributed by atoms with E-state index in [1.807, 2.05) is 6.07 Å². The summed E-state index contributed by atoms with van der Waals surface area (Å²) in [5.41, 5.74) is 3.90. The van der Waals surface area contributed by atoms with Crippen molar-refractivity contribution in [1.82, 2.24) is 19.9 Å². The summed E-state index contributed by atoms with van der Waals surface area (Å²) in [5, 5.41) is 1.12. The molecule has 10 heteroatoms. The van der Waals surface area contributed by atoms with Gasteiger partial charge in [-0.1, -0.05) is 71.7 Å². The van der Waals surface area contributed by atoms with Gasteiger partial charge in [-0.15, -0.1) is 5.54 Å². The van der Waals surface area contributed by atoms with Crippen LogP contribution in [-0.4, -0.2) is 59.3 Å². The molecule has 0 spiro atoms. The Kier molecular flexibility index (Phi) is 8.53. The number of aromatic amines is 1. The SMILES string of the molecule is CC(C)[Si](C#Cc1c(F)ccc2cccc(-c3ncc4c(=O)[nH]c(OC[C@@]56CCCN5C[C@H](F)C6)nc4c3F)c12)(C(C)C)C(C)C.